The Morgan fingerprint density at radius 2 is 2.15 bits per heavy atom. The number of likely N-dealkylation sites (N-methyl/N-ethyl adjacent to an activating group) is 1. The Kier molecular flexibility index (Phi) is 5.65. The van der Waals surface area contributed by atoms with Gasteiger partial charge in [-0.25, -0.2) is 4.79 Å². The summed E-state index contributed by atoms with van der Waals surface area (Å²) in [6, 6.07) is 4.71. The molecule has 0 atom stereocenters. The lowest BCUT2D eigenvalue weighted by molar-refractivity contribution is 0.0501. The van der Waals surface area contributed by atoms with Gasteiger partial charge in [-0.1, -0.05) is 11.6 Å². The lowest BCUT2D eigenvalue weighted by Crippen LogP contribution is -2.44. The van der Waals surface area contributed by atoms with Crippen LogP contribution >= 0.6 is 11.6 Å². The summed E-state index contributed by atoms with van der Waals surface area (Å²) in [6.45, 7) is 5.87. The number of amides is 2. The van der Waals surface area contributed by atoms with Crippen molar-refractivity contribution in [2.45, 2.75) is 26.4 Å². The summed E-state index contributed by atoms with van der Waals surface area (Å²) in [6.07, 6.45) is 0. The number of anilines is 1. The Labute approximate surface area is 124 Å². The number of benzene rings is 1. The average Bonchev–Trinajstić information content (AvgIpc) is 2.37. The van der Waals surface area contributed by atoms with Crippen molar-refractivity contribution in [3.8, 4) is 5.75 Å². The van der Waals surface area contributed by atoms with Crippen LogP contribution in [0.25, 0.3) is 0 Å². The molecule has 0 aliphatic carbocycles. The van der Waals surface area contributed by atoms with Gasteiger partial charge < -0.3 is 20.1 Å². The molecule has 1 rings (SSSR count). The molecule has 0 saturated heterocycles. The van der Waals surface area contributed by atoms with Gasteiger partial charge in [-0.3, -0.25) is 0 Å². The van der Waals surface area contributed by atoms with Crippen molar-refractivity contribution in [2.75, 3.05) is 25.5 Å². The van der Waals surface area contributed by atoms with Crippen LogP contribution in [0.2, 0.25) is 5.02 Å². The first-order valence-corrected chi connectivity index (χ1v) is 6.76. The number of ether oxygens (including phenoxy) is 1. The number of nitrogens with one attached hydrogen (secondary N) is 1. The van der Waals surface area contributed by atoms with Crippen LogP contribution in [0, 0.1) is 0 Å². The van der Waals surface area contributed by atoms with Crippen LogP contribution in [-0.2, 0) is 0 Å². The van der Waals surface area contributed by atoms with Crippen molar-refractivity contribution in [2.24, 2.45) is 0 Å². The highest BCUT2D eigenvalue weighted by Gasteiger charge is 2.21. The minimum atomic E-state index is -0.953. The normalized spacial score (nSPS) is 11.1. The molecule has 0 aliphatic rings. The van der Waals surface area contributed by atoms with Crippen LogP contribution in [0.1, 0.15) is 20.8 Å². The smallest absolute Gasteiger partial charge is 0.321 e. The van der Waals surface area contributed by atoms with Crippen molar-refractivity contribution in [3.63, 3.8) is 0 Å². The highest BCUT2D eigenvalue weighted by Crippen LogP contribution is 2.27. The molecule has 5 nitrogen and oxygen atoms in total. The van der Waals surface area contributed by atoms with Gasteiger partial charge in [0.05, 0.1) is 30.0 Å². The van der Waals surface area contributed by atoms with E-state index in [0.717, 1.165) is 0 Å². The highest BCUT2D eigenvalue weighted by molar-refractivity contribution is 6.33. The minimum absolute atomic E-state index is 0.233. The molecule has 0 aromatic heterocycles. The molecule has 0 unspecified atom stereocenters. The first-order valence-electron chi connectivity index (χ1n) is 6.38. The van der Waals surface area contributed by atoms with Crippen LogP contribution in [0.4, 0.5) is 10.5 Å². The van der Waals surface area contributed by atoms with E-state index in [2.05, 4.69) is 5.32 Å². The predicted octanol–water partition coefficient (Wildman–Crippen LogP) is 2.97. The van der Waals surface area contributed by atoms with Gasteiger partial charge in [0.25, 0.3) is 0 Å². The maximum absolute atomic E-state index is 12.2. The predicted molar refractivity (Wildman–Crippen MR) is 80.6 cm³/mol. The summed E-state index contributed by atoms with van der Waals surface area (Å²) in [7, 11) is 1.54. The van der Waals surface area contributed by atoms with Gasteiger partial charge in [0, 0.05) is 12.6 Å². The van der Waals surface area contributed by atoms with Crippen LogP contribution in [-0.4, -0.2) is 41.8 Å². The molecule has 2 amide bonds. The number of urea groups is 1. The third-order valence-corrected chi connectivity index (χ3v) is 2.99. The Morgan fingerprint density at radius 3 is 2.65 bits per heavy atom. The van der Waals surface area contributed by atoms with E-state index in [1.807, 2.05) is 6.92 Å². The Morgan fingerprint density at radius 1 is 1.50 bits per heavy atom. The number of carbonyl (C=O) groups is 1. The van der Waals surface area contributed by atoms with Gasteiger partial charge in [0.15, 0.2) is 0 Å². The summed E-state index contributed by atoms with van der Waals surface area (Å²) in [5, 5.41) is 13.0. The van der Waals surface area contributed by atoms with Gasteiger partial charge in [-0.05, 0) is 32.9 Å². The summed E-state index contributed by atoms with van der Waals surface area (Å²) < 4.78 is 5.10. The number of rotatable bonds is 5. The minimum Gasteiger partial charge on any atom is -0.497 e. The fourth-order valence-electron chi connectivity index (χ4n) is 1.72. The molecule has 112 valence electrons. The molecule has 2 N–H and O–H groups in total. The molecule has 6 heteroatoms. The lowest BCUT2D eigenvalue weighted by atomic mass is 10.1. The van der Waals surface area contributed by atoms with E-state index in [9.17, 15) is 9.90 Å². The van der Waals surface area contributed by atoms with Crippen molar-refractivity contribution < 1.29 is 14.6 Å². The summed E-state index contributed by atoms with van der Waals surface area (Å²) in [4.78, 5) is 13.7. The standard InChI is InChI=1S/C14H21ClN2O3/c1-5-17(9-14(2,3)19)13(18)16-12-8-10(20-4)6-7-11(12)15/h6-8,19H,5,9H2,1-4H3,(H,16,18). The molecule has 0 heterocycles. The average molecular weight is 301 g/mol. The quantitative estimate of drug-likeness (QED) is 0.879. The fraction of sp³-hybridized carbons (Fsp3) is 0.500. The second-order valence-electron chi connectivity index (χ2n) is 5.10. The number of aliphatic hydroxyl groups is 1. The van der Waals surface area contributed by atoms with Gasteiger partial charge in [0.1, 0.15) is 5.75 Å². The van der Waals surface area contributed by atoms with Crippen LogP contribution in [0.3, 0.4) is 0 Å². The van der Waals surface area contributed by atoms with Crippen molar-refractivity contribution in [1.29, 1.82) is 0 Å². The molecule has 1 aromatic rings. The SMILES string of the molecule is CCN(CC(C)(C)O)C(=O)Nc1cc(OC)ccc1Cl. The first-order chi connectivity index (χ1) is 9.26. The van der Waals surface area contributed by atoms with Crippen LogP contribution in [0.15, 0.2) is 18.2 Å². The molecular weight excluding hydrogens is 280 g/mol. The van der Waals surface area contributed by atoms with E-state index in [-0.39, 0.29) is 12.6 Å². The number of hydrogen-bond acceptors (Lipinski definition) is 3. The third kappa shape index (κ3) is 4.90. The monoisotopic (exact) mass is 300 g/mol. The summed E-state index contributed by atoms with van der Waals surface area (Å²) in [5.41, 5.74) is -0.476. The van der Waals surface area contributed by atoms with Crippen molar-refractivity contribution in [1.82, 2.24) is 4.90 Å². The van der Waals surface area contributed by atoms with E-state index in [0.29, 0.717) is 23.0 Å². The maximum atomic E-state index is 12.2. The van der Waals surface area contributed by atoms with E-state index in [4.69, 9.17) is 16.3 Å². The third-order valence-electron chi connectivity index (χ3n) is 2.66. The van der Waals surface area contributed by atoms with Gasteiger partial charge in [0.2, 0.25) is 0 Å². The second kappa shape index (κ2) is 6.81. The Hall–Kier alpha value is -1.46. The zero-order chi connectivity index (χ0) is 15.3. The number of halogens is 1. The molecule has 0 saturated carbocycles. The molecular formula is C14H21ClN2O3. The summed E-state index contributed by atoms with van der Waals surface area (Å²) in [5.74, 6) is 0.607. The zero-order valence-electron chi connectivity index (χ0n) is 12.2. The molecule has 1 aromatic carbocycles. The maximum Gasteiger partial charge on any atom is 0.321 e. The van der Waals surface area contributed by atoms with Gasteiger partial charge >= 0.3 is 6.03 Å². The van der Waals surface area contributed by atoms with E-state index in [1.165, 1.54) is 4.90 Å². The number of nitrogens with zero attached hydrogens (tertiary/aromatic N) is 1. The van der Waals surface area contributed by atoms with Gasteiger partial charge in [-0.15, -0.1) is 0 Å². The van der Waals surface area contributed by atoms with E-state index < -0.39 is 5.60 Å². The van der Waals surface area contributed by atoms with E-state index >= 15 is 0 Å². The van der Waals surface area contributed by atoms with Crippen LogP contribution < -0.4 is 10.1 Å². The molecule has 0 radical (unpaired) electrons. The highest BCUT2D eigenvalue weighted by atomic mass is 35.5. The Balaban J connectivity index is 2.83. The summed E-state index contributed by atoms with van der Waals surface area (Å²) >= 11 is 6.04. The topological polar surface area (TPSA) is 61.8 Å². The fourth-order valence-corrected chi connectivity index (χ4v) is 1.88. The van der Waals surface area contributed by atoms with E-state index in [1.54, 1.807) is 39.2 Å². The number of hydrogen-bond donors (Lipinski definition) is 2. The largest absolute Gasteiger partial charge is 0.497 e. The van der Waals surface area contributed by atoms with Gasteiger partial charge in [-0.2, -0.15) is 0 Å². The first kappa shape index (κ1) is 16.6. The van der Waals surface area contributed by atoms with Crippen LogP contribution in [0.5, 0.6) is 5.75 Å². The number of methoxy groups -OCH3 is 1. The number of carbonyl (C=O) groups excluding carboxylic acids is 1. The molecule has 0 spiro atoms. The molecule has 0 fully saturated rings. The lowest BCUT2D eigenvalue weighted by Gasteiger charge is -2.28. The Bertz CT molecular complexity index is 472. The zero-order valence-corrected chi connectivity index (χ0v) is 13.0. The second-order valence-corrected chi connectivity index (χ2v) is 5.51. The van der Waals surface area contributed by atoms with Crippen molar-refractivity contribution in [3.05, 3.63) is 23.2 Å². The molecule has 0 aliphatic heterocycles. The molecule has 20 heavy (non-hydrogen) atoms. The van der Waals surface area contributed by atoms with Crippen molar-refractivity contribution >= 4 is 23.3 Å². The molecule has 0 bridgehead atoms.